The van der Waals surface area contributed by atoms with Crippen LogP contribution in [0.5, 0.6) is 0 Å². The van der Waals surface area contributed by atoms with Crippen LogP contribution in [0.2, 0.25) is 0 Å². The van der Waals surface area contributed by atoms with Gasteiger partial charge in [-0.2, -0.15) is 0 Å². The van der Waals surface area contributed by atoms with Gasteiger partial charge in [-0.3, -0.25) is 4.90 Å². The summed E-state index contributed by atoms with van der Waals surface area (Å²) in [5.41, 5.74) is 2.47. The van der Waals surface area contributed by atoms with Crippen LogP contribution in [0.25, 0.3) is 0 Å². The van der Waals surface area contributed by atoms with Gasteiger partial charge in [0, 0.05) is 12.6 Å². The highest BCUT2D eigenvalue weighted by atomic mass is 19.1. The van der Waals surface area contributed by atoms with Crippen molar-refractivity contribution < 1.29 is 9.50 Å². The van der Waals surface area contributed by atoms with E-state index in [2.05, 4.69) is 19.9 Å². The molecule has 1 heterocycles. The third-order valence-electron chi connectivity index (χ3n) is 9.69. The lowest BCUT2D eigenvalue weighted by molar-refractivity contribution is -0.0749. The summed E-state index contributed by atoms with van der Waals surface area (Å²) in [6, 6.07) is 0.338. The molecule has 0 amide bonds. The van der Waals surface area contributed by atoms with Crippen molar-refractivity contribution in [2.45, 2.75) is 96.5 Å². The van der Waals surface area contributed by atoms with Crippen molar-refractivity contribution in [3.63, 3.8) is 0 Å². The molecule has 1 N–H and O–H groups in total. The van der Waals surface area contributed by atoms with Crippen LogP contribution in [-0.2, 0) is 0 Å². The number of allylic oxidation sites excluding steroid dienone is 2. The van der Waals surface area contributed by atoms with Crippen LogP contribution in [-0.4, -0.2) is 35.0 Å². The van der Waals surface area contributed by atoms with Gasteiger partial charge in [-0.15, -0.1) is 0 Å². The summed E-state index contributed by atoms with van der Waals surface area (Å²) >= 11 is 0. The van der Waals surface area contributed by atoms with Crippen LogP contribution in [0.1, 0.15) is 78.1 Å². The molecule has 3 unspecified atom stereocenters. The van der Waals surface area contributed by atoms with Crippen molar-refractivity contribution in [3.05, 3.63) is 11.6 Å². The molecule has 0 aromatic rings. The number of rotatable bonds is 1. The standard InChI is InChI=1S/C23H36FNO/c1-22-12-4-3-5-15(22)6-7-16-17-8-9-20(23(17,2)13-10-18(16)22)25-14-11-19(26)21(25)24/h6,16-21,26H,3-5,7-14H2,1-2H3/t16-,17-,18+,19?,20?,21?,22-,23-/m0/s1. The lowest BCUT2D eigenvalue weighted by Gasteiger charge is -2.58. The predicted molar refractivity (Wildman–Crippen MR) is 102 cm³/mol. The van der Waals surface area contributed by atoms with Crippen molar-refractivity contribution in [2.24, 2.45) is 28.6 Å². The molecule has 0 spiro atoms. The number of hydrogen-bond acceptors (Lipinski definition) is 2. The predicted octanol–water partition coefficient (Wildman–Crippen LogP) is 5.07. The Morgan fingerprint density at radius 2 is 1.92 bits per heavy atom. The summed E-state index contributed by atoms with van der Waals surface area (Å²) in [4.78, 5) is 2.04. The van der Waals surface area contributed by atoms with Crippen LogP contribution in [0.4, 0.5) is 4.39 Å². The van der Waals surface area contributed by atoms with Gasteiger partial charge in [0.25, 0.3) is 0 Å². The molecule has 3 heteroatoms. The second kappa shape index (κ2) is 6.04. The van der Waals surface area contributed by atoms with Crippen LogP contribution in [0.3, 0.4) is 0 Å². The molecule has 1 aliphatic heterocycles. The third-order valence-corrected chi connectivity index (χ3v) is 9.69. The van der Waals surface area contributed by atoms with Gasteiger partial charge in [0.05, 0.1) is 0 Å². The molecule has 5 rings (SSSR count). The second-order valence-electron chi connectivity index (χ2n) is 10.6. The van der Waals surface area contributed by atoms with Gasteiger partial charge in [0.15, 0.2) is 6.30 Å². The monoisotopic (exact) mass is 361 g/mol. The number of aliphatic hydroxyl groups excluding tert-OH is 1. The molecule has 0 aromatic heterocycles. The summed E-state index contributed by atoms with van der Waals surface area (Å²) in [6.07, 6.45) is 13.1. The normalized spacial score (nSPS) is 54.4. The lowest BCUT2D eigenvalue weighted by Crippen LogP contribution is -2.54. The highest BCUT2D eigenvalue weighted by Crippen LogP contribution is 2.65. The molecule has 8 atom stereocenters. The quantitative estimate of drug-likeness (QED) is 0.521. The molecule has 0 bridgehead atoms. The van der Waals surface area contributed by atoms with Crippen molar-refractivity contribution in [1.82, 2.24) is 4.90 Å². The Morgan fingerprint density at radius 3 is 2.69 bits per heavy atom. The fraction of sp³-hybridized carbons (Fsp3) is 0.913. The second-order valence-corrected chi connectivity index (χ2v) is 10.6. The molecule has 5 aliphatic rings. The zero-order chi connectivity index (χ0) is 18.1. The van der Waals surface area contributed by atoms with Gasteiger partial charge in [0.1, 0.15) is 6.10 Å². The fourth-order valence-electron chi connectivity index (χ4n) is 8.31. The first-order valence-electron chi connectivity index (χ1n) is 11.2. The summed E-state index contributed by atoms with van der Waals surface area (Å²) in [5, 5.41) is 9.93. The van der Waals surface area contributed by atoms with E-state index in [-0.39, 0.29) is 5.41 Å². The summed E-state index contributed by atoms with van der Waals surface area (Å²) in [5.74, 6) is 2.40. The first-order valence-corrected chi connectivity index (χ1v) is 11.2. The maximum Gasteiger partial charge on any atom is 0.180 e. The molecular weight excluding hydrogens is 325 g/mol. The Bertz CT molecular complexity index is 605. The SMILES string of the molecule is C[C@]12CCCCC1=CC[C@@H]1[C@H]2CC[C@]2(C)C(N3CCC(O)C3F)CC[C@@H]12. The van der Waals surface area contributed by atoms with Crippen molar-refractivity contribution in [1.29, 1.82) is 0 Å². The number of likely N-dealkylation sites (tertiary alicyclic amines) is 1. The summed E-state index contributed by atoms with van der Waals surface area (Å²) in [7, 11) is 0. The first-order chi connectivity index (χ1) is 12.4. The van der Waals surface area contributed by atoms with Crippen LogP contribution >= 0.6 is 0 Å². The number of nitrogens with zero attached hydrogens (tertiary/aromatic N) is 1. The minimum Gasteiger partial charge on any atom is -0.389 e. The Hall–Kier alpha value is -0.410. The van der Waals surface area contributed by atoms with E-state index in [1.54, 1.807) is 5.57 Å². The molecule has 146 valence electrons. The molecule has 26 heavy (non-hydrogen) atoms. The van der Waals surface area contributed by atoms with Gasteiger partial charge in [-0.1, -0.05) is 31.9 Å². The fourth-order valence-corrected chi connectivity index (χ4v) is 8.31. The molecule has 3 saturated carbocycles. The van der Waals surface area contributed by atoms with Crippen LogP contribution in [0, 0.1) is 28.6 Å². The number of fused-ring (bicyclic) bond motifs is 5. The van der Waals surface area contributed by atoms with Crippen molar-refractivity contribution in [3.8, 4) is 0 Å². The number of alkyl halides is 1. The number of aliphatic hydroxyl groups is 1. The number of halogens is 1. The number of hydrogen-bond donors (Lipinski definition) is 1. The molecule has 4 aliphatic carbocycles. The Balaban J connectivity index is 1.43. The van der Waals surface area contributed by atoms with E-state index in [1.165, 1.54) is 51.4 Å². The van der Waals surface area contributed by atoms with Gasteiger partial charge in [-0.25, -0.2) is 4.39 Å². The highest BCUT2D eigenvalue weighted by Gasteiger charge is 2.60. The molecular formula is C23H36FNO. The summed E-state index contributed by atoms with van der Waals surface area (Å²) in [6.45, 7) is 5.77. The highest BCUT2D eigenvalue weighted by molar-refractivity contribution is 5.24. The zero-order valence-electron chi connectivity index (χ0n) is 16.6. The van der Waals surface area contributed by atoms with Crippen LogP contribution in [0.15, 0.2) is 11.6 Å². The topological polar surface area (TPSA) is 23.5 Å². The van der Waals surface area contributed by atoms with E-state index in [4.69, 9.17) is 0 Å². The van der Waals surface area contributed by atoms with Crippen LogP contribution < -0.4 is 0 Å². The van der Waals surface area contributed by atoms with E-state index in [0.29, 0.717) is 17.9 Å². The average Bonchev–Trinajstić information content (AvgIpc) is 3.14. The Kier molecular flexibility index (Phi) is 4.11. The van der Waals surface area contributed by atoms with E-state index >= 15 is 0 Å². The summed E-state index contributed by atoms with van der Waals surface area (Å²) < 4.78 is 14.6. The Morgan fingerprint density at radius 1 is 1.08 bits per heavy atom. The zero-order valence-corrected chi connectivity index (χ0v) is 16.6. The molecule has 1 saturated heterocycles. The lowest BCUT2D eigenvalue weighted by atomic mass is 9.48. The van der Waals surface area contributed by atoms with Gasteiger partial charge in [0.2, 0.25) is 0 Å². The van der Waals surface area contributed by atoms with Gasteiger partial charge < -0.3 is 5.11 Å². The largest absolute Gasteiger partial charge is 0.389 e. The minimum absolute atomic E-state index is 0.242. The average molecular weight is 362 g/mol. The molecule has 0 aromatic carbocycles. The minimum atomic E-state index is -1.14. The van der Waals surface area contributed by atoms with Crippen molar-refractivity contribution in [2.75, 3.05) is 6.54 Å². The van der Waals surface area contributed by atoms with E-state index in [1.807, 2.05) is 4.90 Å². The molecule has 2 nitrogen and oxygen atoms in total. The third kappa shape index (κ3) is 2.28. The van der Waals surface area contributed by atoms with Crippen molar-refractivity contribution >= 4 is 0 Å². The van der Waals surface area contributed by atoms with E-state index in [9.17, 15) is 9.50 Å². The van der Waals surface area contributed by atoms with Gasteiger partial charge in [-0.05, 0) is 86.4 Å². The smallest absolute Gasteiger partial charge is 0.180 e. The molecule has 0 radical (unpaired) electrons. The molecule has 4 fully saturated rings. The first kappa shape index (κ1) is 17.7. The maximum absolute atomic E-state index is 14.6. The van der Waals surface area contributed by atoms with Gasteiger partial charge >= 0.3 is 0 Å². The van der Waals surface area contributed by atoms with E-state index < -0.39 is 12.4 Å². The maximum atomic E-state index is 14.6. The Labute approximate surface area is 158 Å². The van der Waals surface area contributed by atoms with E-state index in [0.717, 1.165) is 30.7 Å².